The molecule has 0 radical (unpaired) electrons. The summed E-state index contributed by atoms with van der Waals surface area (Å²) in [4.78, 5) is 1.45. The van der Waals surface area contributed by atoms with Gasteiger partial charge in [0.05, 0.1) is 11.9 Å². The molecule has 0 bridgehead atoms. The molecule has 0 aliphatic carbocycles. The Bertz CT molecular complexity index is 508. The molecule has 1 aromatic carbocycles. The van der Waals surface area contributed by atoms with Gasteiger partial charge in [0, 0.05) is 14.9 Å². The smallest absolute Gasteiger partial charge is 0.123 e. The lowest BCUT2D eigenvalue weighted by molar-refractivity contribution is 0.410. The van der Waals surface area contributed by atoms with Crippen LogP contribution in [0.2, 0.25) is 0 Å². The summed E-state index contributed by atoms with van der Waals surface area (Å²) in [5.74, 6) is 0.918. The first-order valence-electron chi connectivity index (χ1n) is 5.15. The second-order valence-electron chi connectivity index (χ2n) is 3.72. The Morgan fingerprint density at radius 3 is 2.71 bits per heavy atom. The Hall–Kier alpha value is -0.320. The molecular formula is C13H12Br2OS. The number of methoxy groups -OCH3 is 1. The molecule has 90 valence electrons. The zero-order valence-corrected chi connectivity index (χ0v) is 13.5. The van der Waals surface area contributed by atoms with Gasteiger partial charge in [-0.15, -0.1) is 11.3 Å². The summed E-state index contributed by atoms with van der Waals surface area (Å²) in [6.45, 7) is 2.06. The number of benzene rings is 1. The van der Waals surface area contributed by atoms with Crippen LogP contribution in [-0.2, 0) is 0 Å². The maximum atomic E-state index is 5.45. The van der Waals surface area contributed by atoms with E-state index in [4.69, 9.17) is 4.74 Å². The first kappa shape index (κ1) is 13.1. The molecule has 1 nitrogen and oxygen atoms in total. The zero-order valence-electron chi connectivity index (χ0n) is 9.54. The average molecular weight is 376 g/mol. The van der Waals surface area contributed by atoms with Crippen molar-refractivity contribution in [3.63, 3.8) is 0 Å². The third-order valence-corrected chi connectivity index (χ3v) is 5.66. The number of hydrogen-bond donors (Lipinski definition) is 0. The van der Waals surface area contributed by atoms with Crippen molar-refractivity contribution in [1.82, 2.24) is 0 Å². The number of aryl methyl sites for hydroxylation is 1. The first-order valence-corrected chi connectivity index (χ1v) is 7.74. The number of rotatable bonds is 3. The van der Waals surface area contributed by atoms with Crippen LogP contribution in [-0.4, -0.2) is 7.11 Å². The molecule has 0 aliphatic heterocycles. The minimum absolute atomic E-state index is 0.175. The molecule has 1 atom stereocenters. The Labute approximate surface area is 122 Å². The molecule has 0 saturated carbocycles. The van der Waals surface area contributed by atoms with Gasteiger partial charge in [0.2, 0.25) is 0 Å². The Kier molecular flexibility index (Phi) is 4.28. The minimum atomic E-state index is 0.175. The number of thiophene rings is 1. The van der Waals surface area contributed by atoms with Crippen LogP contribution in [0.25, 0.3) is 0 Å². The molecule has 0 spiro atoms. The lowest BCUT2D eigenvalue weighted by Gasteiger charge is -2.15. The van der Waals surface area contributed by atoms with Crippen LogP contribution in [0, 0.1) is 6.92 Å². The summed E-state index contributed by atoms with van der Waals surface area (Å²) in [5, 5.41) is 2.08. The Morgan fingerprint density at radius 1 is 1.35 bits per heavy atom. The highest BCUT2D eigenvalue weighted by atomic mass is 79.9. The highest BCUT2D eigenvalue weighted by Crippen LogP contribution is 2.40. The monoisotopic (exact) mass is 374 g/mol. The van der Waals surface area contributed by atoms with Gasteiger partial charge in [-0.3, -0.25) is 0 Å². The molecule has 1 unspecified atom stereocenters. The van der Waals surface area contributed by atoms with E-state index in [0.717, 1.165) is 15.8 Å². The van der Waals surface area contributed by atoms with Crippen molar-refractivity contribution in [1.29, 1.82) is 0 Å². The van der Waals surface area contributed by atoms with E-state index in [9.17, 15) is 0 Å². The maximum Gasteiger partial charge on any atom is 0.123 e. The van der Waals surface area contributed by atoms with Gasteiger partial charge >= 0.3 is 0 Å². The first-order chi connectivity index (χ1) is 8.13. The van der Waals surface area contributed by atoms with Gasteiger partial charge in [0.25, 0.3) is 0 Å². The van der Waals surface area contributed by atoms with Crippen molar-refractivity contribution in [2.24, 2.45) is 0 Å². The predicted octanol–water partition coefficient (Wildman–Crippen LogP) is 5.31. The second-order valence-corrected chi connectivity index (χ2v) is 6.47. The van der Waals surface area contributed by atoms with E-state index in [-0.39, 0.29) is 4.83 Å². The minimum Gasteiger partial charge on any atom is -0.496 e. The summed E-state index contributed by atoms with van der Waals surface area (Å²) in [6.07, 6.45) is 0. The Balaban J connectivity index is 2.47. The Morgan fingerprint density at radius 2 is 2.12 bits per heavy atom. The summed E-state index contributed by atoms with van der Waals surface area (Å²) in [6, 6.07) is 8.36. The van der Waals surface area contributed by atoms with E-state index >= 15 is 0 Å². The van der Waals surface area contributed by atoms with Crippen LogP contribution in [0.5, 0.6) is 5.75 Å². The van der Waals surface area contributed by atoms with E-state index in [1.165, 1.54) is 10.4 Å². The van der Waals surface area contributed by atoms with Crippen molar-refractivity contribution >= 4 is 43.2 Å². The SMILES string of the molecule is COc1cc(C)c(Br)cc1C(Br)c1cccs1. The van der Waals surface area contributed by atoms with E-state index in [1.54, 1.807) is 18.4 Å². The van der Waals surface area contributed by atoms with Crippen LogP contribution < -0.4 is 4.74 Å². The fourth-order valence-electron chi connectivity index (χ4n) is 1.63. The topological polar surface area (TPSA) is 9.23 Å². The highest BCUT2D eigenvalue weighted by molar-refractivity contribution is 9.10. The molecule has 0 amide bonds. The van der Waals surface area contributed by atoms with Crippen molar-refractivity contribution in [3.05, 3.63) is 50.1 Å². The molecule has 0 saturated heterocycles. The van der Waals surface area contributed by atoms with Gasteiger partial charge < -0.3 is 4.74 Å². The van der Waals surface area contributed by atoms with Crippen molar-refractivity contribution in [3.8, 4) is 5.75 Å². The fourth-order valence-corrected chi connectivity index (χ4v) is 3.55. The lowest BCUT2D eigenvalue weighted by atomic mass is 10.1. The van der Waals surface area contributed by atoms with Crippen LogP contribution in [0.4, 0.5) is 0 Å². The van der Waals surface area contributed by atoms with Gasteiger partial charge in [-0.25, -0.2) is 0 Å². The van der Waals surface area contributed by atoms with E-state index in [0.29, 0.717) is 0 Å². The molecule has 17 heavy (non-hydrogen) atoms. The number of hydrogen-bond acceptors (Lipinski definition) is 2. The van der Waals surface area contributed by atoms with Gasteiger partial charge in [0.1, 0.15) is 5.75 Å². The molecular weight excluding hydrogens is 364 g/mol. The quantitative estimate of drug-likeness (QED) is 0.660. The zero-order chi connectivity index (χ0) is 12.4. The van der Waals surface area contributed by atoms with Crippen LogP contribution >= 0.6 is 43.2 Å². The molecule has 2 rings (SSSR count). The molecule has 1 aromatic heterocycles. The second kappa shape index (κ2) is 5.55. The molecule has 0 fully saturated rings. The molecule has 4 heteroatoms. The van der Waals surface area contributed by atoms with Gasteiger partial charge in [-0.1, -0.05) is 37.9 Å². The number of ether oxygens (including phenoxy) is 1. The summed E-state index contributed by atoms with van der Waals surface area (Å²) in [5.41, 5.74) is 2.32. The number of alkyl halides is 1. The van der Waals surface area contributed by atoms with Crippen molar-refractivity contribution in [2.45, 2.75) is 11.8 Å². The molecule has 1 heterocycles. The van der Waals surface area contributed by atoms with Gasteiger partial charge in [-0.05, 0) is 36.1 Å². The average Bonchev–Trinajstić information content (AvgIpc) is 2.84. The van der Waals surface area contributed by atoms with E-state index in [1.807, 2.05) is 0 Å². The molecule has 0 N–H and O–H groups in total. The molecule has 0 aliphatic rings. The third-order valence-electron chi connectivity index (χ3n) is 2.58. The highest BCUT2D eigenvalue weighted by Gasteiger charge is 2.17. The third kappa shape index (κ3) is 2.75. The normalized spacial score (nSPS) is 12.5. The number of halogens is 2. The predicted molar refractivity (Wildman–Crippen MR) is 80.5 cm³/mol. The van der Waals surface area contributed by atoms with Crippen LogP contribution in [0.15, 0.2) is 34.1 Å². The lowest BCUT2D eigenvalue weighted by Crippen LogP contribution is -1.96. The summed E-state index contributed by atoms with van der Waals surface area (Å²) < 4.78 is 6.56. The summed E-state index contributed by atoms with van der Waals surface area (Å²) >= 11 is 9.04. The van der Waals surface area contributed by atoms with Crippen molar-refractivity contribution in [2.75, 3.05) is 7.11 Å². The standard InChI is InChI=1S/C13H12Br2OS/c1-8-6-11(16-2)9(7-10(8)14)13(15)12-4-3-5-17-12/h3-7,13H,1-2H3. The van der Waals surface area contributed by atoms with E-state index in [2.05, 4.69) is 68.4 Å². The largest absolute Gasteiger partial charge is 0.496 e. The van der Waals surface area contributed by atoms with Crippen LogP contribution in [0.1, 0.15) is 20.8 Å². The van der Waals surface area contributed by atoms with E-state index < -0.39 is 0 Å². The fraction of sp³-hybridized carbons (Fsp3) is 0.231. The van der Waals surface area contributed by atoms with Crippen LogP contribution in [0.3, 0.4) is 0 Å². The van der Waals surface area contributed by atoms with Gasteiger partial charge in [0.15, 0.2) is 0 Å². The maximum absolute atomic E-state index is 5.45. The molecule has 2 aromatic rings. The van der Waals surface area contributed by atoms with Gasteiger partial charge in [-0.2, -0.15) is 0 Å². The summed E-state index contributed by atoms with van der Waals surface area (Å²) in [7, 11) is 1.71. The van der Waals surface area contributed by atoms with Crippen molar-refractivity contribution < 1.29 is 4.74 Å².